The summed E-state index contributed by atoms with van der Waals surface area (Å²) in [6.45, 7) is 1.40. The van der Waals surface area contributed by atoms with Gasteiger partial charge in [0.25, 0.3) is 0 Å². The van der Waals surface area contributed by atoms with E-state index in [1.165, 1.54) is 44.3 Å². The first-order chi connectivity index (χ1) is 17.8. The fourth-order valence-electron chi connectivity index (χ4n) is 6.37. The summed E-state index contributed by atoms with van der Waals surface area (Å²) in [5.74, 6) is 0.325. The Kier molecular flexibility index (Phi) is 7.07. The second-order valence-corrected chi connectivity index (χ2v) is 11.1. The smallest absolute Gasteiger partial charge is 0.321 e. The fraction of sp³-hybridized carbons (Fsp3) is 0.571. The van der Waals surface area contributed by atoms with E-state index in [-0.39, 0.29) is 35.6 Å². The van der Waals surface area contributed by atoms with Crippen LogP contribution in [-0.4, -0.2) is 83.0 Å². The van der Waals surface area contributed by atoms with Crippen molar-refractivity contribution in [1.82, 2.24) is 24.7 Å². The molecule has 2 saturated carbocycles. The van der Waals surface area contributed by atoms with Crippen LogP contribution in [-0.2, 0) is 10.3 Å². The first-order valence-corrected chi connectivity index (χ1v) is 13.3. The van der Waals surface area contributed by atoms with Crippen molar-refractivity contribution in [2.24, 2.45) is 5.92 Å². The van der Waals surface area contributed by atoms with Crippen molar-refractivity contribution in [1.29, 1.82) is 0 Å². The van der Waals surface area contributed by atoms with E-state index in [0.717, 1.165) is 32.2 Å². The zero-order valence-electron chi connectivity index (χ0n) is 22.2. The number of methoxy groups -OCH3 is 1. The molecular weight excluding hydrogens is 468 g/mol. The number of hydrogen-bond donors (Lipinski definition) is 1. The molecule has 1 aliphatic heterocycles. The van der Waals surface area contributed by atoms with E-state index >= 15 is 0 Å². The molecule has 0 radical (unpaired) electrons. The second kappa shape index (κ2) is 10.3. The van der Waals surface area contributed by atoms with Crippen molar-refractivity contribution in [3.05, 3.63) is 48.3 Å². The zero-order valence-corrected chi connectivity index (χ0v) is 22.2. The average molecular weight is 507 g/mol. The minimum Gasteiger partial charge on any atom is -0.467 e. The van der Waals surface area contributed by atoms with Crippen LogP contribution in [0.1, 0.15) is 50.5 Å². The molecule has 2 aromatic rings. The Morgan fingerprint density at radius 1 is 1.11 bits per heavy atom. The molecule has 3 fully saturated rings. The van der Waals surface area contributed by atoms with Crippen LogP contribution in [0.2, 0.25) is 0 Å². The van der Waals surface area contributed by atoms with Crippen LogP contribution >= 0.6 is 0 Å². The third-order valence-electron chi connectivity index (χ3n) is 8.83. The van der Waals surface area contributed by atoms with Gasteiger partial charge in [-0.3, -0.25) is 9.69 Å². The number of hydrogen-bond acceptors (Lipinski definition) is 6. The SMILES string of the molecule is COc1ncc(NC(=O)CN2C[C@]3(CC[C@](c4ccccc4)(N(C)C)CC3)N(CC3CCC3)C2=O)cn1. The van der Waals surface area contributed by atoms with E-state index in [1.807, 2.05) is 0 Å². The van der Waals surface area contributed by atoms with Gasteiger partial charge >= 0.3 is 12.0 Å². The molecule has 3 aliphatic rings. The number of rotatable bonds is 8. The number of ether oxygens (including phenoxy) is 1. The van der Waals surface area contributed by atoms with Crippen molar-refractivity contribution in [2.45, 2.75) is 56.0 Å². The van der Waals surface area contributed by atoms with Crippen molar-refractivity contribution < 1.29 is 14.3 Å². The Balaban J connectivity index is 1.32. The number of urea groups is 1. The third kappa shape index (κ3) is 4.89. The van der Waals surface area contributed by atoms with E-state index in [1.54, 1.807) is 4.90 Å². The first kappa shape index (κ1) is 25.4. The maximum atomic E-state index is 13.7. The van der Waals surface area contributed by atoms with Crippen LogP contribution in [0.5, 0.6) is 6.01 Å². The number of anilines is 1. The Labute approximate surface area is 219 Å². The summed E-state index contributed by atoms with van der Waals surface area (Å²) >= 11 is 0. The van der Waals surface area contributed by atoms with Crippen LogP contribution in [0.25, 0.3) is 0 Å². The molecule has 0 atom stereocenters. The first-order valence-electron chi connectivity index (χ1n) is 13.3. The number of nitrogens with one attached hydrogen (secondary N) is 1. The normalized spacial score (nSPS) is 26.0. The van der Waals surface area contributed by atoms with Gasteiger partial charge in [0.2, 0.25) is 5.91 Å². The average Bonchev–Trinajstić information content (AvgIpc) is 3.12. The van der Waals surface area contributed by atoms with Crippen molar-refractivity contribution in [3.8, 4) is 6.01 Å². The fourth-order valence-corrected chi connectivity index (χ4v) is 6.37. The molecule has 9 heteroatoms. The van der Waals surface area contributed by atoms with Crippen LogP contribution < -0.4 is 10.1 Å². The lowest BCUT2D eigenvalue weighted by Crippen LogP contribution is -2.56. The monoisotopic (exact) mass is 506 g/mol. The lowest BCUT2D eigenvalue weighted by Gasteiger charge is -2.51. The number of aromatic nitrogens is 2. The number of benzene rings is 1. The van der Waals surface area contributed by atoms with Gasteiger partial charge < -0.3 is 19.9 Å². The number of amides is 3. The molecule has 0 unspecified atom stereocenters. The molecule has 1 N–H and O–H groups in total. The van der Waals surface area contributed by atoms with Crippen molar-refractivity contribution in [3.63, 3.8) is 0 Å². The largest absolute Gasteiger partial charge is 0.467 e. The van der Waals surface area contributed by atoms with E-state index in [9.17, 15) is 9.59 Å². The van der Waals surface area contributed by atoms with Crippen molar-refractivity contribution >= 4 is 17.6 Å². The topological polar surface area (TPSA) is 90.9 Å². The quantitative estimate of drug-likeness (QED) is 0.587. The molecule has 2 heterocycles. The Bertz CT molecular complexity index is 1090. The maximum Gasteiger partial charge on any atom is 0.321 e. The van der Waals surface area contributed by atoms with Gasteiger partial charge in [0.1, 0.15) is 6.54 Å². The Morgan fingerprint density at radius 2 is 1.78 bits per heavy atom. The van der Waals surface area contributed by atoms with Crippen molar-refractivity contribution in [2.75, 3.05) is 46.2 Å². The zero-order chi connectivity index (χ0) is 26.0. The highest BCUT2D eigenvalue weighted by molar-refractivity contribution is 5.94. The van der Waals surface area contributed by atoms with Gasteiger partial charge in [-0.15, -0.1) is 0 Å². The predicted molar refractivity (Wildman–Crippen MR) is 141 cm³/mol. The van der Waals surface area contributed by atoms with Gasteiger partial charge in [-0.1, -0.05) is 36.8 Å². The number of carbonyl (C=O) groups is 2. The highest BCUT2D eigenvalue weighted by Gasteiger charge is 2.55. The second-order valence-electron chi connectivity index (χ2n) is 11.1. The minimum atomic E-state index is -0.245. The molecule has 37 heavy (non-hydrogen) atoms. The maximum absolute atomic E-state index is 13.7. The molecule has 3 amide bonds. The summed E-state index contributed by atoms with van der Waals surface area (Å²) in [5.41, 5.74) is 1.54. The summed E-state index contributed by atoms with van der Waals surface area (Å²) in [4.78, 5) is 40.9. The summed E-state index contributed by atoms with van der Waals surface area (Å²) in [6, 6.07) is 11.0. The summed E-state index contributed by atoms with van der Waals surface area (Å²) in [6.07, 6.45) is 10.4. The van der Waals surface area contributed by atoms with Gasteiger partial charge in [0, 0.05) is 18.6 Å². The molecule has 0 bridgehead atoms. The lowest BCUT2D eigenvalue weighted by molar-refractivity contribution is -0.116. The Hall–Kier alpha value is -3.20. The van der Waals surface area contributed by atoms with E-state index in [4.69, 9.17) is 4.74 Å². The molecule has 1 spiro atoms. The third-order valence-corrected chi connectivity index (χ3v) is 8.83. The molecule has 1 aromatic heterocycles. The molecular formula is C28H38N6O3. The predicted octanol–water partition coefficient (Wildman–Crippen LogP) is 3.73. The van der Waals surface area contributed by atoms with E-state index < -0.39 is 0 Å². The van der Waals surface area contributed by atoms with E-state index in [2.05, 4.69) is 69.5 Å². The minimum absolute atomic E-state index is 0.00917. The van der Waals surface area contributed by atoms with Crippen LogP contribution in [0, 0.1) is 5.92 Å². The molecule has 1 saturated heterocycles. The molecule has 5 rings (SSSR count). The van der Waals surface area contributed by atoms with Crippen LogP contribution in [0.4, 0.5) is 10.5 Å². The molecule has 2 aliphatic carbocycles. The van der Waals surface area contributed by atoms with Gasteiger partial charge in [0.15, 0.2) is 0 Å². The highest BCUT2D eigenvalue weighted by Crippen LogP contribution is 2.49. The Morgan fingerprint density at radius 3 is 2.35 bits per heavy atom. The molecule has 198 valence electrons. The van der Waals surface area contributed by atoms with Gasteiger partial charge in [-0.05, 0) is 64.1 Å². The van der Waals surface area contributed by atoms with Crippen LogP contribution in [0.15, 0.2) is 42.7 Å². The summed E-state index contributed by atoms with van der Waals surface area (Å²) < 4.78 is 4.98. The summed E-state index contributed by atoms with van der Waals surface area (Å²) in [7, 11) is 5.82. The van der Waals surface area contributed by atoms with Gasteiger partial charge in [-0.25, -0.2) is 14.8 Å². The number of carbonyl (C=O) groups excluding carboxylic acids is 2. The van der Waals surface area contributed by atoms with Crippen LogP contribution in [0.3, 0.4) is 0 Å². The highest BCUT2D eigenvalue weighted by atomic mass is 16.5. The number of nitrogens with zero attached hydrogens (tertiary/aromatic N) is 5. The summed E-state index contributed by atoms with van der Waals surface area (Å²) in [5, 5.41) is 2.82. The molecule has 1 aromatic carbocycles. The molecule has 9 nitrogen and oxygen atoms in total. The van der Waals surface area contributed by atoms with E-state index in [0.29, 0.717) is 18.2 Å². The van der Waals surface area contributed by atoms with Gasteiger partial charge in [0.05, 0.1) is 30.7 Å². The lowest BCUT2D eigenvalue weighted by atomic mass is 9.68. The van der Waals surface area contributed by atoms with Gasteiger partial charge in [-0.2, -0.15) is 0 Å². The standard InChI is InChI=1S/C28H38N6O3/c1-32(2)28(22-10-5-4-6-11-22)14-12-27(13-15-28)20-33(26(36)34(27)18-21-8-7-9-21)19-24(35)31-23-16-29-25(37-3)30-17-23/h4-6,10-11,16-17,21H,7-9,12-15,18-20H2,1-3H3,(H,31,35)/t27-,28+.